The third kappa shape index (κ3) is 3.34. The number of rotatable bonds is 4. The first-order valence-corrected chi connectivity index (χ1v) is 6.20. The zero-order chi connectivity index (χ0) is 13.8. The molecule has 1 atom stereocenters. The molecule has 4 heteroatoms. The van der Waals surface area contributed by atoms with Crippen molar-refractivity contribution in [2.45, 2.75) is 12.5 Å². The van der Waals surface area contributed by atoms with Crippen molar-refractivity contribution in [3.8, 4) is 0 Å². The van der Waals surface area contributed by atoms with Crippen molar-refractivity contribution >= 4 is 17.6 Å². The lowest BCUT2D eigenvalue weighted by atomic mass is 9.98. The van der Waals surface area contributed by atoms with Crippen LogP contribution in [0.25, 0.3) is 0 Å². The molecule has 98 valence electrons. The van der Waals surface area contributed by atoms with Crippen LogP contribution in [-0.4, -0.2) is 16.2 Å². The maximum Gasteiger partial charge on any atom is 0.335 e. The molecule has 0 fully saturated rings. The van der Waals surface area contributed by atoms with Gasteiger partial charge in [-0.25, -0.2) is 4.79 Å². The molecule has 0 spiro atoms. The van der Waals surface area contributed by atoms with E-state index in [-0.39, 0.29) is 12.0 Å². The van der Waals surface area contributed by atoms with Gasteiger partial charge < -0.3 is 10.2 Å². The quantitative estimate of drug-likeness (QED) is 0.901. The molecule has 2 aromatic rings. The molecule has 0 aliphatic heterocycles. The fraction of sp³-hybridized carbons (Fsp3) is 0.133. The van der Waals surface area contributed by atoms with E-state index in [2.05, 4.69) is 0 Å². The van der Waals surface area contributed by atoms with E-state index in [1.54, 1.807) is 42.5 Å². The number of benzene rings is 2. The van der Waals surface area contributed by atoms with Crippen LogP contribution in [0.5, 0.6) is 0 Å². The fourth-order valence-corrected chi connectivity index (χ4v) is 2.04. The van der Waals surface area contributed by atoms with Gasteiger partial charge in [0.05, 0.1) is 11.7 Å². The Hall–Kier alpha value is -1.84. The van der Waals surface area contributed by atoms with Crippen LogP contribution in [0.4, 0.5) is 0 Å². The minimum atomic E-state index is -0.987. The highest BCUT2D eigenvalue weighted by atomic mass is 35.5. The van der Waals surface area contributed by atoms with E-state index in [9.17, 15) is 9.90 Å². The number of hydrogen-bond acceptors (Lipinski definition) is 2. The number of carboxylic acids is 1. The number of aromatic carboxylic acids is 1. The molecule has 0 aliphatic rings. The number of hydrogen-bond donors (Lipinski definition) is 2. The summed E-state index contributed by atoms with van der Waals surface area (Å²) >= 11 is 5.78. The minimum absolute atomic E-state index is 0.218. The first-order valence-electron chi connectivity index (χ1n) is 5.82. The maximum absolute atomic E-state index is 11.1. The molecule has 0 heterocycles. The van der Waals surface area contributed by atoms with Crippen LogP contribution >= 0.6 is 11.6 Å². The predicted octanol–water partition coefficient (Wildman–Crippen LogP) is 3.31. The van der Waals surface area contributed by atoms with Crippen molar-refractivity contribution in [1.82, 2.24) is 0 Å². The Morgan fingerprint density at radius 3 is 2.37 bits per heavy atom. The van der Waals surface area contributed by atoms with E-state index in [0.717, 1.165) is 0 Å². The van der Waals surface area contributed by atoms with Gasteiger partial charge in [-0.05, 0) is 29.3 Å². The average molecular weight is 277 g/mol. The molecule has 0 bridgehead atoms. The maximum atomic E-state index is 11.1. The van der Waals surface area contributed by atoms with Crippen LogP contribution in [0, 0.1) is 0 Å². The summed E-state index contributed by atoms with van der Waals surface area (Å²) in [5.74, 6) is -0.987. The van der Waals surface area contributed by atoms with Crippen molar-refractivity contribution in [1.29, 1.82) is 0 Å². The van der Waals surface area contributed by atoms with E-state index < -0.39 is 12.1 Å². The van der Waals surface area contributed by atoms with E-state index >= 15 is 0 Å². The Balaban J connectivity index is 2.21. The van der Waals surface area contributed by atoms with Crippen molar-refractivity contribution in [3.05, 3.63) is 70.2 Å². The highest BCUT2D eigenvalue weighted by molar-refractivity contribution is 6.30. The summed E-state index contributed by atoms with van der Waals surface area (Å²) in [6.45, 7) is 0. The molecular weight excluding hydrogens is 264 g/mol. The number of halogens is 1. The molecule has 0 aliphatic carbocycles. The van der Waals surface area contributed by atoms with Gasteiger partial charge in [-0.2, -0.15) is 0 Å². The molecule has 2 N–H and O–H groups in total. The molecule has 2 rings (SSSR count). The summed E-state index contributed by atoms with van der Waals surface area (Å²) in [6, 6.07) is 13.5. The van der Waals surface area contributed by atoms with E-state index in [1.165, 1.54) is 6.07 Å². The standard InChI is InChI=1S/C15H13ClO3/c16-12-7-5-10(6-8-12)14(17)9-11-3-1-2-4-13(11)15(18)19/h1-8,14,17H,9H2,(H,18,19). The summed E-state index contributed by atoms with van der Waals surface area (Å²) in [5, 5.41) is 19.8. The Labute approximate surface area is 116 Å². The fourth-order valence-electron chi connectivity index (χ4n) is 1.92. The van der Waals surface area contributed by atoms with Gasteiger partial charge in [0.2, 0.25) is 0 Å². The molecule has 0 saturated heterocycles. The van der Waals surface area contributed by atoms with E-state index in [1.807, 2.05) is 0 Å². The minimum Gasteiger partial charge on any atom is -0.478 e. The third-order valence-corrected chi connectivity index (χ3v) is 3.17. The molecule has 0 saturated carbocycles. The molecule has 0 aromatic heterocycles. The van der Waals surface area contributed by atoms with Gasteiger partial charge in [0.15, 0.2) is 0 Å². The summed E-state index contributed by atoms with van der Waals surface area (Å²) in [7, 11) is 0. The second-order valence-electron chi connectivity index (χ2n) is 4.23. The highest BCUT2D eigenvalue weighted by Crippen LogP contribution is 2.22. The number of aliphatic hydroxyl groups is 1. The molecule has 0 amide bonds. The van der Waals surface area contributed by atoms with Crippen LogP contribution < -0.4 is 0 Å². The summed E-state index contributed by atoms with van der Waals surface area (Å²) in [4.78, 5) is 11.1. The highest BCUT2D eigenvalue weighted by Gasteiger charge is 2.14. The van der Waals surface area contributed by atoms with E-state index in [4.69, 9.17) is 16.7 Å². The number of aliphatic hydroxyl groups excluding tert-OH is 1. The Bertz CT molecular complexity index is 578. The average Bonchev–Trinajstić information content (AvgIpc) is 2.39. The van der Waals surface area contributed by atoms with Crippen molar-refractivity contribution < 1.29 is 15.0 Å². The molecule has 0 radical (unpaired) electrons. The van der Waals surface area contributed by atoms with Gasteiger partial charge in [0.1, 0.15) is 0 Å². The molecule has 3 nitrogen and oxygen atoms in total. The van der Waals surface area contributed by atoms with Crippen molar-refractivity contribution in [2.24, 2.45) is 0 Å². The number of carboxylic acid groups (broad SMARTS) is 1. The SMILES string of the molecule is O=C(O)c1ccccc1CC(O)c1ccc(Cl)cc1. The smallest absolute Gasteiger partial charge is 0.335 e. The lowest BCUT2D eigenvalue weighted by Crippen LogP contribution is -2.07. The predicted molar refractivity (Wildman–Crippen MR) is 73.5 cm³/mol. The van der Waals surface area contributed by atoms with Crippen LogP contribution in [0.1, 0.15) is 27.6 Å². The van der Waals surface area contributed by atoms with Gasteiger partial charge in [0.25, 0.3) is 0 Å². The molecule has 1 unspecified atom stereocenters. The van der Waals surface area contributed by atoms with Gasteiger partial charge in [-0.3, -0.25) is 0 Å². The van der Waals surface area contributed by atoms with Gasteiger partial charge in [0, 0.05) is 11.4 Å². The van der Waals surface area contributed by atoms with E-state index in [0.29, 0.717) is 16.1 Å². The Kier molecular flexibility index (Phi) is 4.20. The van der Waals surface area contributed by atoms with Gasteiger partial charge in [-0.15, -0.1) is 0 Å². The van der Waals surface area contributed by atoms with Crippen LogP contribution in [0.3, 0.4) is 0 Å². The lowest BCUT2D eigenvalue weighted by Gasteiger charge is -2.13. The zero-order valence-corrected chi connectivity index (χ0v) is 10.8. The van der Waals surface area contributed by atoms with Crippen LogP contribution in [-0.2, 0) is 6.42 Å². The van der Waals surface area contributed by atoms with Crippen LogP contribution in [0.15, 0.2) is 48.5 Å². The number of carbonyl (C=O) groups is 1. The van der Waals surface area contributed by atoms with Gasteiger partial charge in [-0.1, -0.05) is 41.9 Å². The largest absolute Gasteiger partial charge is 0.478 e. The van der Waals surface area contributed by atoms with Crippen LogP contribution in [0.2, 0.25) is 5.02 Å². The second kappa shape index (κ2) is 5.87. The zero-order valence-electron chi connectivity index (χ0n) is 10.1. The molecular formula is C15H13ClO3. The molecule has 19 heavy (non-hydrogen) atoms. The summed E-state index contributed by atoms with van der Waals surface area (Å²) in [5.41, 5.74) is 1.54. The Morgan fingerprint density at radius 1 is 1.11 bits per heavy atom. The summed E-state index contributed by atoms with van der Waals surface area (Å²) < 4.78 is 0. The Morgan fingerprint density at radius 2 is 1.74 bits per heavy atom. The third-order valence-electron chi connectivity index (χ3n) is 2.92. The van der Waals surface area contributed by atoms with Crippen molar-refractivity contribution in [2.75, 3.05) is 0 Å². The lowest BCUT2D eigenvalue weighted by molar-refractivity contribution is 0.0694. The van der Waals surface area contributed by atoms with Gasteiger partial charge >= 0.3 is 5.97 Å². The first-order chi connectivity index (χ1) is 9.08. The monoisotopic (exact) mass is 276 g/mol. The second-order valence-corrected chi connectivity index (χ2v) is 4.67. The topological polar surface area (TPSA) is 57.5 Å². The first kappa shape index (κ1) is 13.6. The summed E-state index contributed by atoms with van der Waals surface area (Å²) in [6.07, 6.45) is -0.498. The molecule has 2 aromatic carbocycles. The van der Waals surface area contributed by atoms with Crippen molar-refractivity contribution in [3.63, 3.8) is 0 Å². The normalized spacial score (nSPS) is 12.1.